The molecule has 0 heterocycles. The average molecular weight is 588 g/mol. The molecule has 4 rings (SSSR count). The number of rotatable bonds is 1. The summed E-state index contributed by atoms with van der Waals surface area (Å²) in [6, 6.07) is 14.3. The molecule has 0 aromatic heterocycles. The van der Waals surface area contributed by atoms with Gasteiger partial charge < -0.3 is 24.8 Å². The molecule has 0 saturated heterocycles. The van der Waals surface area contributed by atoms with E-state index in [4.69, 9.17) is 0 Å². The minimum Gasteiger partial charge on any atom is -1.00 e. The maximum Gasteiger partial charge on any atom is -1.00 e. The molecule has 188 valence electrons. The summed E-state index contributed by atoms with van der Waals surface area (Å²) in [5, 5.41) is 5.58. The molecule has 1 aliphatic rings. The summed E-state index contributed by atoms with van der Waals surface area (Å²) in [5.74, 6) is 0. The Labute approximate surface area is 241 Å². The maximum absolute atomic E-state index is 2.45. The normalized spacial score (nSPS) is 14.1. The number of halogens is 2. The quantitative estimate of drug-likeness (QED) is 0.382. The van der Waals surface area contributed by atoms with E-state index in [2.05, 4.69) is 113 Å². The summed E-state index contributed by atoms with van der Waals surface area (Å²) in [6.45, 7) is 25.1. The summed E-state index contributed by atoms with van der Waals surface area (Å²) in [5.41, 5.74) is 10.6. The Morgan fingerprint density at radius 2 is 1.34 bits per heavy atom. The van der Waals surface area contributed by atoms with Crippen LogP contribution < -0.4 is 24.8 Å². The number of allylic oxidation sites excluding steroid dienone is 4. The number of benzene rings is 2. The van der Waals surface area contributed by atoms with Crippen molar-refractivity contribution in [3.63, 3.8) is 0 Å². The van der Waals surface area contributed by atoms with Crippen LogP contribution >= 0.6 is 0 Å². The average Bonchev–Trinajstić information content (AvgIpc) is 3.17. The van der Waals surface area contributed by atoms with E-state index in [0.717, 1.165) is 6.42 Å². The molecule has 0 aliphatic heterocycles. The summed E-state index contributed by atoms with van der Waals surface area (Å²) in [4.78, 5) is 0. The molecule has 35 heavy (non-hydrogen) atoms. The van der Waals surface area contributed by atoms with Crippen molar-refractivity contribution < 1.29 is 49.0 Å². The number of fused-ring (bicyclic) bond motifs is 3. The molecule has 0 saturated carbocycles. The van der Waals surface area contributed by atoms with Crippen LogP contribution in [0.4, 0.5) is 0 Å². The maximum atomic E-state index is 2.45. The van der Waals surface area contributed by atoms with Crippen LogP contribution in [0.2, 0.25) is 0 Å². The molecule has 1 aliphatic carbocycles. The van der Waals surface area contributed by atoms with Crippen molar-refractivity contribution in [3.8, 4) is 0 Å². The molecule has 3 heteroatoms. The monoisotopic (exact) mass is 585 g/mol. The molecule has 3 aromatic carbocycles. The first-order valence-corrected chi connectivity index (χ1v) is 13.4. The van der Waals surface area contributed by atoms with Gasteiger partial charge in [0.15, 0.2) is 0 Å². The van der Waals surface area contributed by atoms with E-state index in [1.165, 1.54) is 63.7 Å². The number of hydrogen-bond acceptors (Lipinski definition) is 0. The van der Waals surface area contributed by atoms with Crippen LogP contribution in [0, 0.1) is 0 Å². The van der Waals surface area contributed by atoms with Gasteiger partial charge in [-0.2, -0.15) is 0 Å². The molecular formula is C32H41Cl2Zr-. The Kier molecular flexibility index (Phi) is 10.7. The molecule has 0 unspecified atom stereocenters. The Morgan fingerprint density at radius 3 is 1.80 bits per heavy atom. The minimum absolute atomic E-state index is 0. The molecule has 0 radical (unpaired) electrons. The van der Waals surface area contributed by atoms with Crippen LogP contribution in [-0.4, -0.2) is 3.21 Å². The van der Waals surface area contributed by atoms with Gasteiger partial charge in [0.05, 0.1) is 0 Å². The Bertz CT molecular complexity index is 1300. The first kappa shape index (κ1) is 32.2. The van der Waals surface area contributed by atoms with E-state index < -0.39 is 0 Å². The zero-order valence-corrected chi connectivity index (χ0v) is 27.4. The van der Waals surface area contributed by atoms with Crippen LogP contribution in [0.25, 0.3) is 27.1 Å². The molecular weight excluding hydrogens is 546 g/mol. The van der Waals surface area contributed by atoms with Gasteiger partial charge in [-0.15, -0.1) is 33.7 Å². The fourth-order valence-corrected chi connectivity index (χ4v) is 4.86. The second-order valence-corrected chi connectivity index (χ2v) is 14.5. The fourth-order valence-electron chi connectivity index (χ4n) is 4.86. The third kappa shape index (κ3) is 6.72. The van der Waals surface area contributed by atoms with Gasteiger partial charge in [0.2, 0.25) is 0 Å². The van der Waals surface area contributed by atoms with Gasteiger partial charge >= 0.3 is 41.3 Å². The van der Waals surface area contributed by atoms with Gasteiger partial charge in [-0.3, -0.25) is 0 Å². The van der Waals surface area contributed by atoms with E-state index in [-0.39, 0.29) is 35.6 Å². The van der Waals surface area contributed by atoms with Crippen molar-refractivity contribution >= 4 is 30.3 Å². The fraction of sp³-hybridized carbons (Fsp3) is 0.438. The van der Waals surface area contributed by atoms with Crippen molar-refractivity contribution in [3.05, 3.63) is 69.8 Å². The molecule has 0 amide bonds. The zero-order valence-electron chi connectivity index (χ0n) is 23.4. The van der Waals surface area contributed by atoms with Crippen LogP contribution in [0.1, 0.15) is 99.3 Å². The van der Waals surface area contributed by atoms with E-state index in [0.29, 0.717) is 0 Å². The first-order valence-electron chi connectivity index (χ1n) is 12.2. The molecule has 0 fully saturated rings. The second-order valence-electron chi connectivity index (χ2n) is 12.1. The van der Waals surface area contributed by atoms with Crippen LogP contribution in [-0.2, 0) is 35.1 Å². The van der Waals surface area contributed by atoms with E-state index in [9.17, 15) is 0 Å². The Balaban J connectivity index is 0.000000950. The van der Waals surface area contributed by atoms with Crippen molar-refractivity contribution in [2.24, 2.45) is 0 Å². The van der Waals surface area contributed by atoms with Gasteiger partial charge in [0.25, 0.3) is 0 Å². The summed E-state index contributed by atoms with van der Waals surface area (Å²) < 4.78 is 1.51. The van der Waals surface area contributed by atoms with E-state index >= 15 is 0 Å². The Hall–Kier alpha value is -0.877. The van der Waals surface area contributed by atoms with Gasteiger partial charge in [-0.25, -0.2) is 0 Å². The summed E-state index contributed by atoms with van der Waals surface area (Å²) in [7, 11) is 0. The predicted octanol–water partition coefficient (Wildman–Crippen LogP) is 3.57. The molecule has 0 spiro atoms. The van der Waals surface area contributed by atoms with Crippen molar-refractivity contribution in [1.82, 2.24) is 0 Å². The van der Waals surface area contributed by atoms with E-state index in [1.54, 1.807) is 24.2 Å². The smallest absolute Gasteiger partial charge is 1.00 e. The number of hydrogen-bond donors (Lipinski definition) is 0. The Morgan fingerprint density at radius 1 is 0.800 bits per heavy atom. The van der Waals surface area contributed by atoms with Crippen LogP contribution in [0.15, 0.2) is 53.1 Å². The third-order valence-electron chi connectivity index (χ3n) is 6.96. The van der Waals surface area contributed by atoms with Gasteiger partial charge in [-0.1, -0.05) is 99.2 Å². The molecule has 0 bridgehead atoms. The largest absolute Gasteiger partial charge is 1.00 e. The SMILES string of the molecule is CC1=C(C)C(C)=C(c2c(C(C)(C)C)ccc3c2[cH-]c2cc(C(C)(C)C)ccc23)C1.C[C](C)=[Zr+2].[Cl-].[Cl-]. The molecule has 0 atom stereocenters. The van der Waals surface area contributed by atoms with Crippen molar-refractivity contribution in [1.29, 1.82) is 0 Å². The second kappa shape index (κ2) is 11.7. The zero-order chi connectivity index (χ0) is 24.9. The predicted molar refractivity (Wildman–Crippen MR) is 146 cm³/mol. The van der Waals surface area contributed by atoms with Crippen LogP contribution in [0.5, 0.6) is 0 Å². The molecule has 3 aromatic rings. The van der Waals surface area contributed by atoms with Crippen molar-refractivity contribution in [2.45, 2.75) is 93.4 Å². The van der Waals surface area contributed by atoms with Crippen LogP contribution in [0.3, 0.4) is 0 Å². The van der Waals surface area contributed by atoms with Gasteiger partial charge in [0.1, 0.15) is 0 Å². The van der Waals surface area contributed by atoms with Crippen molar-refractivity contribution in [2.75, 3.05) is 0 Å². The topological polar surface area (TPSA) is 0 Å². The third-order valence-corrected chi connectivity index (χ3v) is 6.96. The van der Waals surface area contributed by atoms with E-state index in [1.807, 2.05) is 0 Å². The standard InChI is InChI=1S/C29H35.C3H6.2ClH.Zr/c1-17-14-24(19(3)18(17)2)27-25-16-20-15-21(28(4,5)6)10-11-22(20)23(25)12-13-26(27)29(7,8)9;1-3-2;;;/h10-13,15-16H,14H2,1-9H3;1-2H3;2*1H;/q-1;;;;+2/p-2. The van der Waals surface area contributed by atoms with Gasteiger partial charge in [-0.05, 0) is 43.6 Å². The molecule has 0 N–H and O–H groups in total. The first-order chi connectivity index (χ1) is 15.1. The summed E-state index contributed by atoms with van der Waals surface area (Å²) >= 11 is 1.55. The van der Waals surface area contributed by atoms with Gasteiger partial charge in [0, 0.05) is 0 Å². The summed E-state index contributed by atoms with van der Waals surface area (Å²) in [6.07, 6.45) is 1.08. The minimum atomic E-state index is 0. The molecule has 0 nitrogen and oxygen atoms in total.